The van der Waals surface area contributed by atoms with Crippen molar-refractivity contribution in [3.8, 4) is 11.1 Å². The van der Waals surface area contributed by atoms with Gasteiger partial charge in [0, 0.05) is 12.3 Å². The molecule has 1 aliphatic rings. The van der Waals surface area contributed by atoms with Crippen molar-refractivity contribution < 1.29 is 37.4 Å². The lowest BCUT2D eigenvalue weighted by molar-refractivity contribution is -0.157. The predicted octanol–water partition coefficient (Wildman–Crippen LogP) is 4.61. The van der Waals surface area contributed by atoms with Crippen molar-refractivity contribution in [3.63, 3.8) is 0 Å². The van der Waals surface area contributed by atoms with E-state index in [0.717, 1.165) is 22.3 Å². The van der Waals surface area contributed by atoms with E-state index < -0.39 is 49.1 Å². The minimum atomic E-state index is -4.82. The molecule has 0 spiro atoms. The molecule has 10 heteroatoms. The molecule has 0 aliphatic heterocycles. The van der Waals surface area contributed by atoms with Crippen molar-refractivity contribution in [1.82, 2.24) is 10.6 Å². The number of hydrogen-bond acceptors (Lipinski definition) is 4. The van der Waals surface area contributed by atoms with Gasteiger partial charge in [0.15, 0.2) is 0 Å². The first-order chi connectivity index (χ1) is 16.6. The minimum Gasteiger partial charge on any atom is -0.480 e. The fraction of sp³-hybridized carbons (Fsp3) is 0.400. The molecule has 7 nitrogen and oxygen atoms in total. The fourth-order valence-corrected chi connectivity index (χ4v) is 4.19. The van der Waals surface area contributed by atoms with Gasteiger partial charge in [0.25, 0.3) is 0 Å². The van der Waals surface area contributed by atoms with E-state index in [0.29, 0.717) is 6.42 Å². The van der Waals surface area contributed by atoms with E-state index in [1.54, 1.807) is 12.2 Å². The topological polar surface area (TPSA) is 105 Å². The van der Waals surface area contributed by atoms with Gasteiger partial charge in [-0.2, -0.15) is 13.2 Å². The van der Waals surface area contributed by atoms with E-state index in [9.17, 15) is 27.6 Å². The number of hydrogen-bond donors (Lipinski definition) is 3. The molecule has 2 atom stereocenters. The maximum Gasteiger partial charge on any atom is 0.408 e. The molecule has 35 heavy (non-hydrogen) atoms. The van der Waals surface area contributed by atoms with Gasteiger partial charge in [0.05, 0.1) is 0 Å². The molecule has 0 radical (unpaired) electrons. The first-order valence-corrected chi connectivity index (χ1v) is 11.3. The number of ether oxygens (including phenoxy) is 1. The van der Waals surface area contributed by atoms with Crippen LogP contribution in [0.1, 0.15) is 49.7 Å². The second-order valence-corrected chi connectivity index (χ2v) is 8.35. The van der Waals surface area contributed by atoms with Gasteiger partial charge < -0.3 is 20.5 Å². The van der Waals surface area contributed by atoms with Crippen molar-refractivity contribution in [2.75, 3.05) is 6.61 Å². The van der Waals surface area contributed by atoms with Crippen molar-refractivity contribution in [2.24, 2.45) is 0 Å². The second kappa shape index (κ2) is 11.2. The lowest BCUT2D eigenvalue weighted by Gasteiger charge is -2.22. The zero-order valence-electron chi connectivity index (χ0n) is 19.1. The van der Waals surface area contributed by atoms with Crippen molar-refractivity contribution >= 4 is 18.0 Å². The number of carboxylic acids is 1. The fourth-order valence-electron chi connectivity index (χ4n) is 4.19. The Morgan fingerprint density at radius 3 is 2.06 bits per heavy atom. The SMILES string of the molecule is CCC[C@@H](NC(=O)CC[C@H](NC(=O)OCC1c2ccccc2-c2ccccc21)C(F)(F)F)C(=O)O. The standard InChI is InChI=1S/C25H27F3N2O5/c1-2-7-20(23(32)33)29-22(31)13-12-21(25(26,27)28)30-24(34)35-14-19-17-10-5-3-8-15(17)16-9-4-6-11-18(16)19/h3-6,8-11,19-21H,2,7,12-14H2,1H3,(H,29,31)(H,30,34)(H,32,33)/t20-,21+/m1/s1. The molecule has 188 valence electrons. The maximum atomic E-state index is 13.5. The Hall–Kier alpha value is -3.56. The Labute approximate surface area is 200 Å². The van der Waals surface area contributed by atoms with Crippen molar-refractivity contribution in [1.29, 1.82) is 0 Å². The Morgan fingerprint density at radius 2 is 1.54 bits per heavy atom. The summed E-state index contributed by atoms with van der Waals surface area (Å²) in [6.07, 6.45) is -6.79. The normalized spacial score (nSPS) is 14.4. The Morgan fingerprint density at radius 1 is 0.971 bits per heavy atom. The quantitative estimate of drug-likeness (QED) is 0.450. The number of alkyl carbamates (subject to hydrolysis) is 1. The molecule has 0 aromatic heterocycles. The number of carbonyl (C=O) groups excluding carboxylic acids is 2. The van der Waals surface area contributed by atoms with Crippen LogP contribution >= 0.6 is 0 Å². The number of aliphatic carboxylic acids is 1. The van der Waals surface area contributed by atoms with E-state index in [1.165, 1.54) is 0 Å². The van der Waals surface area contributed by atoms with E-state index in [-0.39, 0.29) is 18.9 Å². The molecule has 0 saturated heterocycles. The summed E-state index contributed by atoms with van der Waals surface area (Å²) < 4.78 is 45.6. The first kappa shape index (κ1) is 26.1. The van der Waals surface area contributed by atoms with E-state index >= 15 is 0 Å². The van der Waals surface area contributed by atoms with Gasteiger partial charge in [0.2, 0.25) is 5.91 Å². The first-order valence-electron chi connectivity index (χ1n) is 11.3. The summed E-state index contributed by atoms with van der Waals surface area (Å²) in [5, 5.41) is 13.1. The van der Waals surface area contributed by atoms with E-state index in [1.807, 2.05) is 48.5 Å². The highest BCUT2D eigenvalue weighted by Gasteiger charge is 2.41. The van der Waals surface area contributed by atoms with Crippen LogP contribution in [0.15, 0.2) is 48.5 Å². The summed E-state index contributed by atoms with van der Waals surface area (Å²) in [5.74, 6) is -2.41. The summed E-state index contributed by atoms with van der Waals surface area (Å²) >= 11 is 0. The molecular weight excluding hydrogens is 465 g/mol. The van der Waals surface area contributed by atoms with Crippen LogP contribution in [0, 0.1) is 0 Å². The van der Waals surface area contributed by atoms with Crippen molar-refractivity contribution in [3.05, 3.63) is 59.7 Å². The Kier molecular flexibility index (Phi) is 8.37. The van der Waals surface area contributed by atoms with Crippen LogP contribution < -0.4 is 10.6 Å². The van der Waals surface area contributed by atoms with Crippen molar-refractivity contribution in [2.45, 2.75) is 56.8 Å². The summed E-state index contributed by atoms with van der Waals surface area (Å²) in [7, 11) is 0. The molecule has 3 N–H and O–H groups in total. The average molecular weight is 492 g/mol. The predicted molar refractivity (Wildman–Crippen MR) is 122 cm³/mol. The van der Waals surface area contributed by atoms with E-state index in [2.05, 4.69) is 5.32 Å². The Bertz CT molecular complexity index is 1030. The van der Waals surface area contributed by atoms with Gasteiger partial charge in [-0.05, 0) is 35.1 Å². The molecule has 0 saturated carbocycles. The molecule has 0 fully saturated rings. The van der Waals surface area contributed by atoms with Crippen LogP contribution in [0.2, 0.25) is 0 Å². The molecule has 1 aliphatic carbocycles. The second-order valence-electron chi connectivity index (χ2n) is 8.35. The van der Waals surface area contributed by atoms with Crippen LogP contribution in [0.3, 0.4) is 0 Å². The number of amides is 2. The van der Waals surface area contributed by atoms with Crippen LogP contribution in [-0.4, -0.2) is 47.9 Å². The summed E-state index contributed by atoms with van der Waals surface area (Å²) in [4.78, 5) is 35.4. The number of nitrogens with one attached hydrogen (secondary N) is 2. The molecule has 0 unspecified atom stereocenters. The van der Waals surface area contributed by atoms with Gasteiger partial charge in [-0.25, -0.2) is 9.59 Å². The maximum absolute atomic E-state index is 13.5. The highest BCUT2D eigenvalue weighted by Crippen LogP contribution is 2.44. The average Bonchev–Trinajstić information content (AvgIpc) is 3.13. The molecular formula is C25H27F3N2O5. The molecule has 0 bridgehead atoms. The van der Waals surface area contributed by atoms with Crippen LogP contribution in [0.5, 0.6) is 0 Å². The largest absolute Gasteiger partial charge is 0.480 e. The minimum absolute atomic E-state index is 0.151. The van der Waals surface area contributed by atoms with Crippen LogP contribution in [-0.2, 0) is 14.3 Å². The lowest BCUT2D eigenvalue weighted by atomic mass is 9.98. The van der Waals surface area contributed by atoms with Gasteiger partial charge >= 0.3 is 18.2 Å². The van der Waals surface area contributed by atoms with E-state index in [4.69, 9.17) is 9.84 Å². The van der Waals surface area contributed by atoms with Gasteiger partial charge in [-0.15, -0.1) is 0 Å². The zero-order valence-corrected chi connectivity index (χ0v) is 19.1. The molecule has 0 heterocycles. The number of alkyl halides is 3. The van der Waals surface area contributed by atoms with Crippen LogP contribution in [0.25, 0.3) is 11.1 Å². The molecule has 2 aromatic rings. The summed E-state index contributed by atoms with van der Waals surface area (Å²) in [6, 6.07) is 11.6. The number of fused-ring (bicyclic) bond motifs is 3. The third kappa shape index (κ3) is 6.52. The molecule has 2 amide bonds. The summed E-state index contributed by atoms with van der Waals surface area (Å²) in [6.45, 7) is 1.57. The number of benzene rings is 2. The third-order valence-electron chi connectivity index (χ3n) is 5.90. The lowest BCUT2D eigenvalue weighted by Crippen LogP contribution is -2.47. The van der Waals surface area contributed by atoms with Crippen LogP contribution in [0.4, 0.5) is 18.0 Å². The highest BCUT2D eigenvalue weighted by atomic mass is 19.4. The Balaban J connectivity index is 1.59. The zero-order chi connectivity index (χ0) is 25.6. The molecule has 2 aromatic carbocycles. The number of carbonyl (C=O) groups is 3. The smallest absolute Gasteiger partial charge is 0.408 e. The highest BCUT2D eigenvalue weighted by molar-refractivity contribution is 5.83. The number of carboxylic acid groups (broad SMARTS) is 1. The van der Waals surface area contributed by atoms with Gasteiger partial charge in [0.1, 0.15) is 18.7 Å². The molecule has 3 rings (SSSR count). The van der Waals surface area contributed by atoms with Gasteiger partial charge in [-0.1, -0.05) is 61.9 Å². The monoisotopic (exact) mass is 492 g/mol. The third-order valence-corrected chi connectivity index (χ3v) is 5.90. The number of halogens is 3. The summed E-state index contributed by atoms with van der Waals surface area (Å²) in [5.41, 5.74) is 3.81. The number of rotatable bonds is 10. The van der Waals surface area contributed by atoms with Gasteiger partial charge in [-0.3, -0.25) is 4.79 Å².